The third kappa shape index (κ3) is 5.29. The van der Waals surface area contributed by atoms with E-state index in [1.807, 2.05) is 24.4 Å². The Kier molecular flexibility index (Phi) is 6.76. The van der Waals surface area contributed by atoms with Crippen LogP contribution in [0, 0.1) is 0 Å². The molecule has 11 heteroatoms. The molecule has 0 saturated heterocycles. The van der Waals surface area contributed by atoms with E-state index in [9.17, 15) is 18.3 Å². The molecule has 4 rings (SSSR count). The lowest BCUT2D eigenvalue weighted by atomic mass is 10.1. The van der Waals surface area contributed by atoms with E-state index in [0.29, 0.717) is 22.3 Å². The summed E-state index contributed by atoms with van der Waals surface area (Å²) in [5.41, 5.74) is 3.75. The number of aliphatic carboxylic acids is 1. The molecule has 2 aromatic rings. The lowest BCUT2D eigenvalue weighted by Crippen LogP contribution is -2.61. The largest absolute Gasteiger partial charge is 0.542 e. The molecule has 31 heavy (non-hydrogen) atoms. The number of carboxylic acids is 1. The second-order valence-corrected chi connectivity index (χ2v) is 7.51. The first-order valence-corrected chi connectivity index (χ1v) is 9.83. The summed E-state index contributed by atoms with van der Waals surface area (Å²) in [6, 6.07) is 7.54. The second-order valence-electron chi connectivity index (χ2n) is 6.70. The number of rotatable bonds is 4. The van der Waals surface area contributed by atoms with Crippen LogP contribution >= 0.6 is 23.2 Å². The van der Waals surface area contributed by atoms with Crippen LogP contribution in [0.4, 0.5) is 24.5 Å². The SMILES string of the molecule is O=C([O-])C(F)(F)F.Oc1c(NCCc2ccc(Cl)c(Cl)c2)cc2c3c1[NH+]=CC=3CCN=2. The number of aromatic hydroxyl groups is 1. The van der Waals surface area contributed by atoms with Crippen LogP contribution in [0.15, 0.2) is 29.3 Å². The van der Waals surface area contributed by atoms with Crippen LogP contribution in [0.3, 0.4) is 0 Å². The van der Waals surface area contributed by atoms with E-state index >= 15 is 0 Å². The predicted octanol–water partition coefficient (Wildman–Crippen LogP) is 0.623. The number of carboxylic acid groups (broad SMARTS) is 1. The summed E-state index contributed by atoms with van der Waals surface area (Å²) in [6.45, 7) is 1.46. The number of hydrogen-bond acceptors (Lipinski definition) is 5. The van der Waals surface area contributed by atoms with Crippen molar-refractivity contribution in [3.05, 3.63) is 50.5 Å². The minimum Gasteiger partial charge on any atom is -0.542 e. The maximum atomic E-state index is 10.5. The maximum absolute atomic E-state index is 10.5. The van der Waals surface area contributed by atoms with E-state index in [1.54, 1.807) is 6.07 Å². The van der Waals surface area contributed by atoms with Gasteiger partial charge in [-0.2, -0.15) is 13.2 Å². The first-order valence-electron chi connectivity index (χ1n) is 9.07. The number of benzene rings is 2. The molecule has 0 radical (unpaired) electrons. The molecule has 0 bridgehead atoms. The molecule has 164 valence electrons. The molecule has 2 heterocycles. The highest BCUT2D eigenvalue weighted by Gasteiger charge is 2.28. The Morgan fingerprint density at radius 3 is 2.61 bits per heavy atom. The zero-order valence-electron chi connectivity index (χ0n) is 15.8. The Morgan fingerprint density at radius 2 is 1.97 bits per heavy atom. The monoisotopic (exact) mass is 473 g/mol. The van der Waals surface area contributed by atoms with Crippen molar-refractivity contribution in [3.8, 4) is 5.75 Å². The normalized spacial score (nSPS) is 13.8. The topological polar surface area (TPSA) is 98.7 Å². The summed E-state index contributed by atoms with van der Waals surface area (Å²) in [7, 11) is 0. The van der Waals surface area contributed by atoms with Gasteiger partial charge in [0.15, 0.2) is 6.21 Å². The Bertz CT molecular complexity index is 1180. The highest BCUT2D eigenvalue weighted by atomic mass is 35.5. The molecule has 0 aliphatic carbocycles. The number of phenols is 1. The summed E-state index contributed by atoms with van der Waals surface area (Å²) in [5, 5.41) is 25.7. The van der Waals surface area contributed by atoms with Crippen LogP contribution in [0.1, 0.15) is 12.0 Å². The number of phenolic OH excluding ortho intramolecular Hbond substituents is 1. The fourth-order valence-corrected chi connectivity index (χ4v) is 3.47. The zero-order valence-corrected chi connectivity index (χ0v) is 17.3. The van der Waals surface area contributed by atoms with Crippen LogP contribution in [0.2, 0.25) is 10.0 Å². The molecule has 0 spiro atoms. The van der Waals surface area contributed by atoms with Gasteiger partial charge in [-0.15, -0.1) is 0 Å². The summed E-state index contributed by atoms with van der Waals surface area (Å²) >= 11 is 12.0. The van der Waals surface area contributed by atoms with Gasteiger partial charge in [-0.25, -0.2) is 4.99 Å². The van der Waals surface area contributed by atoms with Gasteiger partial charge in [-0.1, -0.05) is 29.3 Å². The number of carbonyl (C=O) groups excluding carboxylic acids is 1. The summed E-state index contributed by atoms with van der Waals surface area (Å²) in [6.07, 6.45) is -1.55. The van der Waals surface area contributed by atoms with Gasteiger partial charge in [-0.05, 0) is 36.6 Å². The Balaban J connectivity index is 0.000000339. The van der Waals surface area contributed by atoms with Gasteiger partial charge in [0.25, 0.3) is 5.69 Å². The number of nitrogens with zero attached hydrogens (tertiary/aromatic N) is 1. The molecule has 2 aliphatic heterocycles. The summed E-state index contributed by atoms with van der Waals surface area (Å²) < 4.78 is 31.5. The average molecular weight is 474 g/mol. The van der Waals surface area contributed by atoms with Crippen molar-refractivity contribution < 1.29 is 33.2 Å². The molecule has 2 aromatic carbocycles. The number of carbonyl (C=O) groups is 1. The lowest BCUT2D eigenvalue weighted by molar-refractivity contribution is -0.345. The molecule has 0 fully saturated rings. The molecule has 6 nitrogen and oxygen atoms in total. The Hall–Kier alpha value is -2.78. The minimum atomic E-state index is -5.19. The van der Waals surface area contributed by atoms with Gasteiger partial charge in [0.1, 0.15) is 5.97 Å². The van der Waals surface area contributed by atoms with Crippen LogP contribution in [-0.2, 0) is 11.2 Å². The van der Waals surface area contributed by atoms with E-state index in [1.165, 1.54) is 5.57 Å². The zero-order chi connectivity index (χ0) is 22.8. The smallest absolute Gasteiger partial charge is 0.430 e. The van der Waals surface area contributed by atoms with Gasteiger partial charge in [-0.3, -0.25) is 4.99 Å². The molecule has 0 amide bonds. The third-order valence-corrected chi connectivity index (χ3v) is 5.34. The second kappa shape index (κ2) is 9.15. The van der Waals surface area contributed by atoms with Crippen LogP contribution in [0.5, 0.6) is 5.75 Å². The van der Waals surface area contributed by atoms with Crippen molar-refractivity contribution >= 4 is 52.3 Å². The van der Waals surface area contributed by atoms with Crippen LogP contribution < -0.4 is 26.0 Å². The van der Waals surface area contributed by atoms with E-state index in [0.717, 1.165) is 41.2 Å². The van der Waals surface area contributed by atoms with Crippen molar-refractivity contribution in [2.45, 2.75) is 19.0 Å². The van der Waals surface area contributed by atoms with Crippen molar-refractivity contribution in [1.29, 1.82) is 0 Å². The van der Waals surface area contributed by atoms with Gasteiger partial charge in [0, 0.05) is 18.7 Å². The first-order chi connectivity index (χ1) is 14.6. The van der Waals surface area contributed by atoms with E-state index in [2.05, 4.69) is 15.3 Å². The number of anilines is 1. The van der Waals surface area contributed by atoms with E-state index < -0.39 is 12.1 Å². The first kappa shape index (κ1) is 22.9. The average Bonchev–Trinajstić information content (AvgIpc) is 3.14. The molecular weight excluding hydrogens is 458 g/mol. The quantitative estimate of drug-likeness (QED) is 0.567. The molecule has 0 unspecified atom stereocenters. The molecule has 2 aliphatic rings. The van der Waals surface area contributed by atoms with Crippen molar-refractivity contribution in [3.63, 3.8) is 0 Å². The number of hydrogen-bond donors (Lipinski definition) is 3. The third-order valence-electron chi connectivity index (χ3n) is 4.60. The minimum absolute atomic E-state index is 0.242. The number of alkyl halides is 3. The van der Waals surface area contributed by atoms with Gasteiger partial charge >= 0.3 is 6.18 Å². The summed E-state index contributed by atoms with van der Waals surface area (Å²) in [5.74, 6) is -2.77. The molecule has 0 saturated carbocycles. The fraction of sp³-hybridized carbons (Fsp3) is 0.250. The van der Waals surface area contributed by atoms with E-state index in [4.69, 9.17) is 33.1 Å². The summed E-state index contributed by atoms with van der Waals surface area (Å²) in [4.78, 5) is 16.5. The van der Waals surface area contributed by atoms with Gasteiger partial charge in [0.2, 0.25) is 5.75 Å². The highest BCUT2D eigenvalue weighted by molar-refractivity contribution is 6.42. The maximum Gasteiger partial charge on any atom is 0.430 e. The van der Waals surface area contributed by atoms with Crippen LogP contribution in [0.25, 0.3) is 5.57 Å². The molecule has 3 N–H and O–H groups in total. The number of nitrogens with one attached hydrogen (secondary N) is 2. The predicted molar refractivity (Wildman–Crippen MR) is 108 cm³/mol. The standard InChI is InChI=1S/C18H15Cl2N3O.C2HF3O2/c19-12-2-1-10(7-13(12)20)3-5-22-15-8-14-16-11(4-6-21-14)9-23-17(16)18(15)24;3-2(4,5)1(6)7/h1-2,7-9,22,24H,3-6H2;(H,6,7). The number of halogens is 5. The highest BCUT2D eigenvalue weighted by Crippen LogP contribution is 2.27. The Labute approximate surface area is 184 Å². The lowest BCUT2D eigenvalue weighted by Gasteiger charge is -2.10. The molecule has 0 atom stereocenters. The van der Waals surface area contributed by atoms with Crippen LogP contribution in [-0.4, -0.2) is 36.6 Å². The Morgan fingerprint density at radius 1 is 1.26 bits per heavy atom. The van der Waals surface area contributed by atoms with E-state index in [-0.39, 0.29) is 5.75 Å². The van der Waals surface area contributed by atoms with Crippen molar-refractivity contribution in [2.24, 2.45) is 4.99 Å². The fourth-order valence-electron chi connectivity index (χ4n) is 3.15. The van der Waals surface area contributed by atoms with Gasteiger partial charge in [0.05, 0.1) is 26.3 Å². The van der Waals surface area contributed by atoms with Gasteiger partial charge < -0.3 is 20.3 Å². The van der Waals surface area contributed by atoms with Crippen molar-refractivity contribution in [2.75, 3.05) is 18.4 Å². The molecule has 0 aromatic heterocycles. The molecular formula is C20H16Cl2F3N3O3. The van der Waals surface area contributed by atoms with Crippen molar-refractivity contribution in [1.82, 2.24) is 0 Å².